The highest BCUT2D eigenvalue weighted by molar-refractivity contribution is 7.45. The summed E-state index contributed by atoms with van der Waals surface area (Å²) >= 11 is 0. The van der Waals surface area contributed by atoms with E-state index in [-0.39, 0.29) is 24.9 Å². The zero-order valence-electron chi connectivity index (χ0n) is 47.4. The summed E-state index contributed by atoms with van der Waals surface area (Å²) in [4.78, 5) is 39.8. The van der Waals surface area contributed by atoms with Gasteiger partial charge < -0.3 is 28.5 Å². The Bertz CT molecular complexity index is 1360. The quantitative estimate of drug-likeness (QED) is 0.0212. The number of nitrogens with zero attached hydrogens (tertiary/aromatic N) is 1. The molecule has 0 aliphatic heterocycles. The minimum atomic E-state index is -4.70. The molecule has 3 unspecified atom stereocenters. The molecule has 0 heterocycles. The third kappa shape index (κ3) is 52.6. The second kappa shape index (κ2) is 51.5. The smallest absolute Gasteiger partial charge is 0.306 e. The Morgan fingerprint density at radius 1 is 0.493 bits per heavy atom. The fourth-order valence-electron chi connectivity index (χ4n) is 8.55. The first kappa shape index (κ1) is 69.0. The maximum Gasteiger partial charge on any atom is 0.306 e. The Morgan fingerprint density at radius 2 is 0.859 bits per heavy atom. The summed E-state index contributed by atoms with van der Waals surface area (Å²) in [6.45, 7) is 6.80. The average molecular weight is 1020 g/mol. The van der Waals surface area contributed by atoms with Crippen LogP contribution in [-0.4, -0.2) is 69.4 Å². The average Bonchev–Trinajstić information content (AvgIpc) is 3.33. The van der Waals surface area contributed by atoms with E-state index in [4.69, 9.17) is 13.8 Å². The lowest BCUT2D eigenvalue weighted by Crippen LogP contribution is -2.47. The zero-order valence-corrected chi connectivity index (χ0v) is 48.3. The number of hydrogen-bond acceptors (Lipinski definition) is 7. The van der Waals surface area contributed by atoms with Gasteiger partial charge in [0.25, 0.3) is 7.82 Å². The van der Waals surface area contributed by atoms with E-state index in [1.54, 1.807) is 0 Å². The number of likely N-dealkylation sites (N-methyl/N-ethyl adjacent to an activating group) is 1. The van der Waals surface area contributed by atoms with Crippen LogP contribution < -0.4 is 10.2 Å². The van der Waals surface area contributed by atoms with Crippen molar-refractivity contribution in [2.24, 2.45) is 0 Å². The molecule has 9 nitrogen and oxygen atoms in total. The van der Waals surface area contributed by atoms with Gasteiger partial charge >= 0.3 is 5.97 Å². The molecule has 0 radical (unpaired) electrons. The Labute approximate surface area is 439 Å². The lowest BCUT2D eigenvalue weighted by Gasteiger charge is -2.30. The highest BCUT2D eigenvalue weighted by Crippen LogP contribution is 2.38. The molecule has 3 atom stereocenters. The number of nitrogens with one attached hydrogen (secondary N) is 1. The number of rotatable bonds is 54. The summed E-state index contributed by atoms with van der Waals surface area (Å²) in [6, 6.07) is -0.894. The summed E-state index contributed by atoms with van der Waals surface area (Å²) in [5.41, 5.74) is 0. The molecule has 0 spiro atoms. The van der Waals surface area contributed by atoms with Gasteiger partial charge in [0.2, 0.25) is 5.91 Å². The number of carbonyl (C=O) groups is 2. The molecule has 1 N–H and O–H groups in total. The molecule has 0 saturated heterocycles. The van der Waals surface area contributed by atoms with Crippen molar-refractivity contribution in [3.63, 3.8) is 0 Å². The largest absolute Gasteiger partial charge is 0.756 e. The van der Waals surface area contributed by atoms with Crippen molar-refractivity contribution in [1.82, 2.24) is 5.32 Å². The molecule has 0 aliphatic rings. The van der Waals surface area contributed by atoms with Gasteiger partial charge in [-0.15, -0.1) is 0 Å². The fourth-order valence-corrected chi connectivity index (χ4v) is 9.27. The Hall–Kier alpha value is -2.03. The highest BCUT2D eigenvalue weighted by atomic mass is 31.2. The summed E-state index contributed by atoms with van der Waals surface area (Å²) in [7, 11) is 1.18. The minimum Gasteiger partial charge on any atom is -0.756 e. The monoisotopic (exact) mass is 1020 g/mol. The van der Waals surface area contributed by atoms with E-state index in [1.165, 1.54) is 167 Å². The first-order chi connectivity index (χ1) is 34.4. The van der Waals surface area contributed by atoms with E-state index in [0.717, 1.165) is 70.6 Å². The van der Waals surface area contributed by atoms with Crippen LogP contribution in [0.15, 0.2) is 48.6 Å². The summed E-state index contributed by atoms with van der Waals surface area (Å²) in [5, 5.41) is 3.01. The molecular weight excluding hydrogens is 904 g/mol. The number of ether oxygens (including phenoxy) is 1. The van der Waals surface area contributed by atoms with Gasteiger partial charge in [-0.2, -0.15) is 0 Å². The number of amides is 1. The van der Waals surface area contributed by atoms with Gasteiger partial charge in [-0.05, 0) is 89.5 Å². The van der Waals surface area contributed by atoms with Crippen LogP contribution in [-0.2, 0) is 27.9 Å². The van der Waals surface area contributed by atoms with Gasteiger partial charge in [0.1, 0.15) is 19.3 Å². The second-order valence-corrected chi connectivity index (χ2v) is 22.9. The first-order valence-electron chi connectivity index (χ1n) is 29.9. The SMILES string of the molecule is CCCCC/C=C\C/C=C\CCCCCCCCCCCCCC(=O)OC(/C=C\CCCCCCCCCCC)C(COP(=O)([O-])OCC[N+](C)(C)C)NC(=O)CCCCC/C=C\CCCCCCCC. The molecule has 416 valence electrons. The topological polar surface area (TPSA) is 114 Å². The third-order valence-electron chi connectivity index (χ3n) is 13.2. The molecule has 0 bridgehead atoms. The van der Waals surface area contributed by atoms with Crippen molar-refractivity contribution >= 4 is 19.7 Å². The number of unbranched alkanes of at least 4 members (excludes halogenated alkanes) is 32. The van der Waals surface area contributed by atoms with Crippen molar-refractivity contribution in [2.75, 3.05) is 40.9 Å². The van der Waals surface area contributed by atoms with Gasteiger partial charge in [0.15, 0.2) is 0 Å². The van der Waals surface area contributed by atoms with Gasteiger partial charge in [-0.1, -0.05) is 224 Å². The maximum atomic E-state index is 13.5. The first-order valence-corrected chi connectivity index (χ1v) is 31.4. The van der Waals surface area contributed by atoms with Gasteiger partial charge in [0, 0.05) is 12.8 Å². The predicted molar refractivity (Wildman–Crippen MR) is 302 cm³/mol. The maximum absolute atomic E-state index is 13.5. The predicted octanol–water partition coefficient (Wildman–Crippen LogP) is 17.5. The van der Waals surface area contributed by atoms with Gasteiger partial charge in [-0.25, -0.2) is 0 Å². The molecule has 10 heteroatoms. The van der Waals surface area contributed by atoms with Crippen LogP contribution in [0.2, 0.25) is 0 Å². The number of hydrogen-bond donors (Lipinski definition) is 1. The zero-order chi connectivity index (χ0) is 52.2. The van der Waals surface area contributed by atoms with Gasteiger partial charge in [-0.3, -0.25) is 14.2 Å². The molecular formula is C61H115N2O7P. The molecule has 0 rings (SSSR count). The molecule has 0 saturated carbocycles. The Balaban J connectivity index is 5.21. The van der Waals surface area contributed by atoms with Crippen LogP contribution >= 0.6 is 7.82 Å². The number of quaternary nitrogens is 1. The Morgan fingerprint density at radius 3 is 1.32 bits per heavy atom. The van der Waals surface area contributed by atoms with E-state index in [2.05, 4.69) is 62.5 Å². The molecule has 1 amide bonds. The lowest BCUT2D eigenvalue weighted by atomic mass is 10.0. The number of phosphoric ester groups is 1. The molecule has 71 heavy (non-hydrogen) atoms. The van der Waals surface area contributed by atoms with Crippen molar-refractivity contribution < 1.29 is 37.3 Å². The van der Waals surface area contributed by atoms with E-state index in [0.29, 0.717) is 23.9 Å². The molecule has 0 aromatic heterocycles. The fraction of sp³-hybridized carbons (Fsp3) is 0.836. The van der Waals surface area contributed by atoms with E-state index < -0.39 is 26.6 Å². The highest BCUT2D eigenvalue weighted by Gasteiger charge is 2.27. The van der Waals surface area contributed by atoms with Crippen LogP contribution in [0.5, 0.6) is 0 Å². The third-order valence-corrected chi connectivity index (χ3v) is 14.2. The lowest BCUT2D eigenvalue weighted by molar-refractivity contribution is -0.870. The summed E-state index contributed by atoms with van der Waals surface area (Å²) in [5.74, 6) is -0.557. The summed E-state index contributed by atoms with van der Waals surface area (Å²) in [6.07, 6.45) is 62.2. The number of phosphoric acid groups is 1. The number of esters is 1. The van der Waals surface area contributed by atoms with Crippen LogP contribution in [0, 0.1) is 0 Å². The minimum absolute atomic E-state index is 0.0250. The summed E-state index contributed by atoms with van der Waals surface area (Å²) < 4.78 is 30.2. The van der Waals surface area contributed by atoms with Crippen molar-refractivity contribution in [3.8, 4) is 0 Å². The Kier molecular flexibility index (Phi) is 50.0. The van der Waals surface area contributed by atoms with Gasteiger partial charge in [0.05, 0.1) is 33.8 Å². The molecule has 0 aromatic carbocycles. The van der Waals surface area contributed by atoms with E-state index >= 15 is 0 Å². The normalized spacial score (nSPS) is 14.1. The number of carbonyl (C=O) groups excluding carboxylic acids is 2. The van der Waals surface area contributed by atoms with Crippen LogP contribution in [0.4, 0.5) is 0 Å². The van der Waals surface area contributed by atoms with Crippen molar-refractivity contribution in [2.45, 2.75) is 290 Å². The van der Waals surface area contributed by atoms with E-state index in [9.17, 15) is 19.0 Å². The van der Waals surface area contributed by atoms with Crippen LogP contribution in [0.25, 0.3) is 0 Å². The molecule has 0 aliphatic carbocycles. The molecule has 0 fully saturated rings. The van der Waals surface area contributed by atoms with Crippen LogP contribution in [0.3, 0.4) is 0 Å². The second-order valence-electron chi connectivity index (χ2n) is 21.5. The van der Waals surface area contributed by atoms with E-state index in [1.807, 2.05) is 33.3 Å². The van der Waals surface area contributed by atoms with Crippen molar-refractivity contribution in [1.29, 1.82) is 0 Å². The standard InChI is InChI=1S/C61H115N2O7P/c1-7-10-13-16-19-22-25-27-28-29-30-31-32-33-34-36-39-42-45-48-51-54-61(65)70-59(52-49-46-43-40-37-24-21-18-15-12-9-3)58(57-69-71(66,67)68-56-55-63(4,5)6)62-60(64)53-50-47-44-41-38-35-26-23-20-17-14-11-8-2/h19,22,27-28,35,38,49,52,58-59H,7-18,20-21,23-26,29-34,36-37,39-48,50-51,53-57H2,1-6H3,(H-,62,64,66,67)/b22-19-,28-27-,38-35-,52-49-. The molecule has 0 aromatic rings. The van der Waals surface area contributed by atoms with Crippen LogP contribution in [0.1, 0.15) is 278 Å². The van der Waals surface area contributed by atoms with Crippen molar-refractivity contribution in [3.05, 3.63) is 48.6 Å². The number of allylic oxidation sites excluding steroid dienone is 7.